The first-order valence-corrected chi connectivity index (χ1v) is 5.41. The number of hydrogen-bond acceptors (Lipinski definition) is 2. The molecule has 0 aliphatic heterocycles. The molecule has 0 aromatic heterocycles. The van der Waals surface area contributed by atoms with Crippen LogP contribution < -0.4 is 11.1 Å². The van der Waals surface area contributed by atoms with E-state index in [9.17, 15) is 0 Å². The smallest absolute Gasteiger partial charge is 0.0393 e. The molecule has 0 atom stereocenters. The highest BCUT2D eigenvalue weighted by molar-refractivity contribution is 5.97. The monoisotopic (exact) mass is 212 g/mol. The van der Waals surface area contributed by atoms with Crippen LogP contribution in [0.1, 0.15) is 5.56 Å². The molecule has 0 spiro atoms. The quantitative estimate of drug-likeness (QED) is 0.768. The number of rotatable bonds is 3. The van der Waals surface area contributed by atoms with Crippen LogP contribution in [0.2, 0.25) is 0 Å². The molecule has 0 aliphatic carbocycles. The molecule has 16 heavy (non-hydrogen) atoms. The third-order valence-corrected chi connectivity index (χ3v) is 2.61. The van der Waals surface area contributed by atoms with E-state index in [0.29, 0.717) is 0 Å². The van der Waals surface area contributed by atoms with Gasteiger partial charge in [0.25, 0.3) is 0 Å². The molecule has 0 bridgehead atoms. The van der Waals surface area contributed by atoms with Crippen molar-refractivity contribution in [1.29, 1.82) is 0 Å². The van der Waals surface area contributed by atoms with Gasteiger partial charge in [-0.05, 0) is 24.1 Å². The molecule has 2 rings (SSSR count). The molecule has 2 aromatic rings. The van der Waals surface area contributed by atoms with E-state index in [4.69, 9.17) is 5.73 Å². The number of hydrogen-bond donors (Lipinski definition) is 2. The lowest BCUT2D eigenvalue weighted by Crippen LogP contribution is -2.03. The number of fused-ring (bicyclic) bond motifs is 1. The first-order valence-electron chi connectivity index (χ1n) is 5.41. The molecule has 0 saturated carbocycles. The standard InChI is InChI=1S/C14H16N2/c1-16-10-4-6-11-5-2-8-13-12(11)7-3-9-14(13)15/h2-9,16H,10,15H2,1H3. The molecule has 0 aliphatic rings. The summed E-state index contributed by atoms with van der Waals surface area (Å²) in [4.78, 5) is 0. The number of likely N-dealkylation sites (N-methyl/N-ethyl adjacent to an activating group) is 1. The third kappa shape index (κ3) is 2.07. The van der Waals surface area contributed by atoms with Crippen LogP contribution in [0.3, 0.4) is 0 Å². The molecule has 2 aromatic carbocycles. The van der Waals surface area contributed by atoms with E-state index < -0.39 is 0 Å². The zero-order valence-electron chi connectivity index (χ0n) is 9.40. The summed E-state index contributed by atoms with van der Waals surface area (Å²) >= 11 is 0. The normalized spacial score (nSPS) is 11.3. The lowest BCUT2D eigenvalue weighted by Gasteiger charge is -2.04. The van der Waals surface area contributed by atoms with Crippen LogP contribution in [0.15, 0.2) is 42.5 Å². The van der Waals surface area contributed by atoms with E-state index >= 15 is 0 Å². The highest BCUT2D eigenvalue weighted by Gasteiger charge is 1.99. The van der Waals surface area contributed by atoms with Crippen molar-refractivity contribution in [3.8, 4) is 0 Å². The van der Waals surface area contributed by atoms with E-state index in [2.05, 4.69) is 35.7 Å². The van der Waals surface area contributed by atoms with Crippen molar-refractivity contribution < 1.29 is 0 Å². The molecule has 0 saturated heterocycles. The Hall–Kier alpha value is -1.80. The van der Waals surface area contributed by atoms with E-state index in [1.807, 2.05) is 25.2 Å². The van der Waals surface area contributed by atoms with Gasteiger partial charge in [-0.3, -0.25) is 0 Å². The van der Waals surface area contributed by atoms with Crippen molar-refractivity contribution in [2.75, 3.05) is 19.3 Å². The van der Waals surface area contributed by atoms with Gasteiger partial charge in [0.05, 0.1) is 0 Å². The molecule has 0 radical (unpaired) electrons. The van der Waals surface area contributed by atoms with Gasteiger partial charge in [0.2, 0.25) is 0 Å². The summed E-state index contributed by atoms with van der Waals surface area (Å²) in [6.07, 6.45) is 4.23. The van der Waals surface area contributed by atoms with E-state index in [1.54, 1.807) is 0 Å². The Labute approximate surface area is 95.8 Å². The fourth-order valence-corrected chi connectivity index (χ4v) is 1.81. The van der Waals surface area contributed by atoms with Gasteiger partial charge >= 0.3 is 0 Å². The van der Waals surface area contributed by atoms with Crippen molar-refractivity contribution in [3.63, 3.8) is 0 Å². The molecule has 0 unspecified atom stereocenters. The van der Waals surface area contributed by atoms with Gasteiger partial charge in [-0.1, -0.05) is 42.5 Å². The maximum Gasteiger partial charge on any atom is 0.0393 e. The first kappa shape index (κ1) is 10.7. The van der Waals surface area contributed by atoms with Crippen LogP contribution >= 0.6 is 0 Å². The summed E-state index contributed by atoms with van der Waals surface area (Å²) in [5.41, 5.74) is 7.99. The van der Waals surface area contributed by atoms with Gasteiger partial charge in [-0.2, -0.15) is 0 Å². The fraction of sp³-hybridized carbons (Fsp3) is 0.143. The summed E-state index contributed by atoms with van der Waals surface area (Å²) < 4.78 is 0. The number of nitrogens with one attached hydrogen (secondary N) is 1. The molecule has 0 amide bonds. The Kier molecular flexibility index (Phi) is 3.22. The molecule has 3 N–H and O–H groups in total. The predicted octanol–water partition coefficient (Wildman–Crippen LogP) is 2.65. The average molecular weight is 212 g/mol. The Balaban J connectivity index is 2.50. The van der Waals surface area contributed by atoms with E-state index in [-0.39, 0.29) is 0 Å². The Morgan fingerprint density at radius 3 is 2.69 bits per heavy atom. The SMILES string of the molecule is CNCC=Cc1cccc2c(N)cccc12. The molecule has 2 heteroatoms. The predicted molar refractivity (Wildman–Crippen MR) is 71.3 cm³/mol. The molecular formula is C14H16N2. The maximum atomic E-state index is 5.94. The summed E-state index contributed by atoms with van der Waals surface area (Å²) in [6.45, 7) is 0.874. The maximum absolute atomic E-state index is 5.94. The van der Waals surface area contributed by atoms with Crippen LogP contribution in [-0.4, -0.2) is 13.6 Å². The van der Waals surface area contributed by atoms with Crippen LogP contribution in [0.4, 0.5) is 5.69 Å². The number of nitrogen functional groups attached to an aromatic ring is 1. The summed E-state index contributed by atoms with van der Waals surface area (Å²) in [5, 5.41) is 5.41. The highest BCUT2D eigenvalue weighted by Crippen LogP contribution is 2.24. The minimum atomic E-state index is 0.835. The van der Waals surface area contributed by atoms with Crippen LogP contribution in [0, 0.1) is 0 Å². The minimum Gasteiger partial charge on any atom is -0.398 e. The Morgan fingerprint density at radius 2 is 1.88 bits per heavy atom. The van der Waals surface area contributed by atoms with Crippen LogP contribution in [0.25, 0.3) is 16.8 Å². The lowest BCUT2D eigenvalue weighted by atomic mass is 10.0. The lowest BCUT2D eigenvalue weighted by molar-refractivity contribution is 0.922. The molecule has 2 nitrogen and oxygen atoms in total. The van der Waals surface area contributed by atoms with E-state index in [0.717, 1.165) is 17.6 Å². The zero-order chi connectivity index (χ0) is 11.4. The minimum absolute atomic E-state index is 0.835. The highest BCUT2D eigenvalue weighted by atomic mass is 14.8. The second kappa shape index (κ2) is 4.81. The van der Waals surface area contributed by atoms with Gasteiger partial charge < -0.3 is 11.1 Å². The van der Waals surface area contributed by atoms with Crippen LogP contribution in [-0.2, 0) is 0 Å². The molecule has 0 fully saturated rings. The first-order chi connectivity index (χ1) is 7.83. The largest absolute Gasteiger partial charge is 0.398 e. The molecule has 0 heterocycles. The number of anilines is 1. The van der Waals surface area contributed by atoms with Crippen molar-refractivity contribution in [3.05, 3.63) is 48.0 Å². The van der Waals surface area contributed by atoms with Gasteiger partial charge in [0.15, 0.2) is 0 Å². The fourth-order valence-electron chi connectivity index (χ4n) is 1.81. The van der Waals surface area contributed by atoms with Gasteiger partial charge in [-0.25, -0.2) is 0 Å². The Morgan fingerprint density at radius 1 is 1.12 bits per heavy atom. The summed E-state index contributed by atoms with van der Waals surface area (Å²) in [7, 11) is 1.94. The molecular weight excluding hydrogens is 196 g/mol. The van der Waals surface area contributed by atoms with Crippen molar-refractivity contribution >= 4 is 22.5 Å². The van der Waals surface area contributed by atoms with Crippen molar-refractivity contribution in [2.45, 2.75) is 0 Å². The zero-order valence-corrected chi connectivity index (χ0v) is 9.40. The van der Waals surface area contributed by atoms with E-state index in [1.165, 1.54) is 10.9 Å². The third-order valence-electron chi connectivity index (χ3n) is 2.61. The summed E-state index contributed by atoms with van der Waals surface area (Å²) in [6, 6.07) is 12.2. The molecule has 82 valence electrons. The van der Waals surface area contributed by atoms with Gasteiger partial charge in [0.1, 0.15) is 0 Å². The van der Waals surface area contributed by atoms with Crippen LogP contribution in [0.5, 0.6) is 0 Å². The van der Waals surface area contributed by atoms with Gasteiger partial charge in [-0.15, -0.1) is 0 Å². The summed E-state index contributed by atoms with van der Waals surface area (Å²) in [5.74, 6) is 0. The van der Waals surface area contributed by atoms with Crippen molar-refractivity contribution in [2.24, 2.45) is 0 Å². The second-order valence-corrected chi connectivity index (χ2v) is 3.75. The van der Waals surface area contributed by atoms with Crippen molar-refractivity contribution in [1.82, 2.24) is 5.32 Å². The Bertz CT molecular complexity index is 515. The second-order valence-electron chi connectivity index (χ2n) is 3.75. The van der Waals surface area contributed by atoms with Gasteiger partial charge in [0, 0.05) is 17.6 Å². The topological polar surface area (TPSA) is 38.0 Å². The number of benzene rings is 2. The number of nitrogens with two attached hydrogens (primary N) is 1. The average Bonchev–Trinajstić information content (AvgIpc) is 2.31.